The molecular formula is C13H12BrClN2O. The first kappa shape index (κ1) is 13.5. The van der Waals surface area contributed by atoms with Gasteiger partial charge in [-0.25, -0.2) is 9.97 Å². The third-order valence-electron chi connectivity index (χ3n) is 2.47. The van der Waals surface area contributed by atoms with Crippen LogP contribution < -0.4 is 0 Å². The van der Waals surface area contributed by atoms with Gasteiger partial charge >= 0.3 is 0 Å². The number of rotatable bonds is 3. The summed E-state index contributed by atoms with van der Waals surface area (Å²) in [5.74, 6) is 0.624. The van der Waals surface area contributed by atoms with Crippen LogP contribution in [0.1, 0.15) is 11.3 Å². The fourth-order valence-corrected chi connectivity index (χ4v) is 2.01. The Morgan fingerprint density at radius 2 is 2.11 bits per heavy atom. The molecule has 0 aliphatic carbocycles. The van der Waals surface area contributed by atoms with Crippen LogP contribution >= 0.6 is 27.5 Å². The summed E-state index contributed by atoms with van der Waals surface area (Å²) in [6, 6.07) is 7.92. The average Bonchev–Trinajstić information content (AvgIpc) is 2.36. The lowest BCUT2D eigenvalue weighted by molar-refractivity contribution is 0.185. The summed E-state index contributed by atoms with van der Waals surface area (Å²) in [7, 11) is 1.67. The quantitative estimate of drug-likeness (QED) is 0.799. The van der Waals surface area contributed by atoms with Crippen LogP contribution in [0.4, 0.5) is 0 Å². The van der Waals surface area contributed by atoms with Crippen molar-refractivity contribution in [3.8, 4) is 11.4 Å². The first-order valence-corrected chi connectivity index (χ1v) is 6.57. The van der Waals surface area contributed by atoms with Gasteiger partial charge in [0.1, 0.15) is 5.15 Å². The number of ether oxygens (including phenoxy) is 1. The van der Waals surface area contributed by atoms with Crippen LogP contribution in [0.5, 0.6) is 0 Å². The van der Waals surface area contributed by atoms with Crippen molar-refractivity contribution in [1.29, 1.82) is 0 Å². The van der Waals surface area contributed by atoms with Gasteiger partial charge in [0, 0.05) is 12.7 Å². The summed E-state index contributed by atoms with van der Waals surface area (Å²) in [6.07, 6.45) is 0. The highest BCUT2D eigenvalue weighted by molar-refractivity contribution is 9.10. The molecule has 2 rings (SSSR count). The van der Waals surface area contributed by atoms with Crippen molar-refractivity contribution in [2.45, 2.75) is 13.5 Å². The molecule has 0 fully saturated rings. The van der Waals surface area contributed by atoms with E-state index in [1.54, 1.807) is 7.11 Å². The van der Waals surface area contributed by atoms with Crippen LogP contribution in [0, 0.1) is 6.92 Å². The van der Waals surface area contributed by atoms with Crippen LogP contribution in [0.2, 0.25) is 5.15 Å². The predicted octanol–water partition coefficient (Wildman–Crippen LogP) is 4.01. The molecule has 0 bridgehead atoms. The summed E-state index contributed by atoms with van der Waals surface area (Å²) < 4.78 is 5.85. The Bertz CT molecular complexity index is 552. The molecule has 0 saturated heterocycles. The summed E-state index contributed by atoms with van der Waals surface area (Å²) in [4.78, 5) is 8.69. The van der Waals surface area contributed by atoms with E-state index < -0.39 is 0 Å². The third kappa shape index (κ3) is 2.88. The minimum atomic E-state index is 0.426. The maximum absolute atomic E-state index is 6.05. The second-order valence-electron chi connectivity index (χ2n) is 3.87. The van der Waals surface area contributed by atoms with E-state index in [0.29, 0.717) is 17.6 Å². The molecule has 3 nitrogen and oxygen atoms in total. The van der Waals surface area contributed by atoms with Gasteiger partial charge in [-0.3, -0.25) is 0 Å². The van der Waals surface area contributed by atoms with Gasteiger partial charge in [0.25, 0.3) is 0 Å². The van der Waals surface area contributed by atoms with Gasteiger partial charge in [-0.2, -0.15) is 0 Å². The minimum absolute atomic E-state index is 0.426. The molecule has 0 radical (unpaired) electrons. The molecule has 0 unspecified atom stereocenters. The van der Waals surface area contributed by atoms with Crippen molar-refractivity contribution in [2.24, 2.45) is 0 Å². The highest BCUT2D eigenvalue weighted by atomic mass is 79.9. The molecule has 94 valence electrons. The normalized spacial score (nSPS) is 10.7. The number of aromatic nitrogens is 2. The predicted molar refractivity (Wildman–Crippen MR) is 75.6 cm³/mol. The van der Waals surface area contributed by atoms with Crippen LogP contribution in [0.25, 0.3) is 11.4 Å². The summed E-state index contributed by atoms with van der Waals surface area (Å²) in [5, 5.41) is 0.426. The molecule has 1 heterocycles. The largest absolute Gasteiger partial charge is 0.380 e. The lowest BCUT2D eigenvalue weighted by atomic mass is 10.1. The van der Waals surface area contributed by atoms with Gasteiger partial charge in [-0.15, -0.1) is 0 Å². The van der Waals surface area contributed by atoms with Crippen LogP contribution in [0.15, 0.2) is 28.7 Å². The Morgan fingerprint density at radius 3 is 2.78 bits per heavy atom. The second-order valence-corrected chi connectivity index (χ2v) is 5.02. The zero-order valence-electron chi connectivity index (χ0n) is 10.1. The zero-order valence-corrected chi connectivity index (χ0v) is 12.4. The van der Waals surface area contributed by atoms with E-state index in [-0.39, 0.29) is 0 Å². The van der Waals surface area contributed by atoms with E-state index in [2.05, 4.69) is 25.9 Å². The monoisotopic (exact) mass is 326 g/mol. The van der Waals surface area contributed by atoms with E-state index in [9.17, 15) is 0 Å². The summed E-state index contributed by atoms with van der Waals surface area (Å²) in [6.45, 7) is 2.46. The molecule has 0 aliphatic rings. The van der Waals surface area contributed by atoms with E-state index in [1.807, 2.05) is 31.2 Å². The van der Waals surface area contributed by atoms with Crippen molar-refractivity contribution in [3.63, 3.8) is 0 Å². The first-order chi connectivity index (χ1) is 8.61. The fourth-order valence-electron chi connectivity index (χ4n) is 1.62. The van der Waals surface area contributed by atoms with E-state index in [4.69, 9.17) is 16.3 Å². The van der Waals surface area contributed by atoms with Gasteiger partial charge < -0.3 is 4.74 Å². The van der Waals surface area contributed by atoms with Crippen molar-refractivity contribution in [2.75, 3.05) is 7.11 Å². The second kappa shape index (κ2) is 5.78. The minimum Gasteiger partial charge on any atom is -0.380 e. The van der Waals surface area contributed by atoms with E-state index in [1.165, 1.54) is 0 Å². The molecule has 1 aromatic heterocycles. The number of aryl methyl sites for hydroxylation is 1. The van der Waals surface area contributed by atoms with Crippen LogP contribution in [-0.2, 0) is 11.3 Å². The first-order valence-electron chi connectivity index (χ1n) is 5.39. The number of hydrogen-bond acceptors (Lipinski definition) is 3. The van der Waals surface area contributed by atoms with Crippen LogP contribution in [-0.4, -0.2) is 17.1 Å². The topological polar surface area (TPSA) is 35.0 Å². The van der Waals surface area contributed by atoms with Gasteiger partial charge in [0.05, 0.1) is 16.8 Å². The Labute approximate surface area is 119 Å². The Hall–Kier alpha value is -0.970. The Morgan fingerprint density at radius 1 is 1.33 bits per heavy atom. The van der Waals surface area contributed by atoms with Gasteiger partial charge in [-0.05, 0) is 34.5 Å². The van der Waals surface area contributed by atoms with Crippen molar-refractivity contribution >= 4 is 27.5 Å². The Kier molecular flexibility index (Phi) is 4.32. The number of nitrogens with zero attached hydrogens (tertiary/aromatic N) is 2. The molecule has 0 spiro atoms. The highest BCUT2D eigenvalue weighted by Crippen LogP contribution is 2.26. The average molecular weight is 328 g/mol. The maximum atomic E-state index is 6.05. The lowest BCUT2D eigenvalue weighted by Gasteiger charge is -2.06. The summed E-state index contributed by atoms with van der Waals surface area (Å²) >= 11 is 9.40. The fraction of sp³-hybridized carbons (Fsp3) is 0.231. The van der Waals surface area contributed by atoms with E-state index in [0.717, 1.165) is 21.3 Å². The molecule has 0 saturated carbocycles. The molecule has 5 heteroatoms. The number of halogens is 2. The molecular weight excluding hydrogens is 316 g/mol. The maximum Gasteiger partial charge on any atom is 0.161 e. The zero-order chi connectivity index (χ0) is 13.1. The molecule has 0 N–H and O–H groups in total. The standard InChI is InChI=1S/C13H12BrClN2O/c1-8-11(14)12(15)17-13(16-8)10-5-3-4-9(6-10)7-18-2/h3-6H,7H2,1-2H3. The number of methoxy groups -OCH3 is 1. The lowest BCUT2D eigenvalue weighted by Crippen LogP contribution is -1.95. The summed E-state index contributed by atoms with van der Waals surface area (Å²) in [5.41, 5.74) is 2.83. The van der Waals surface area contributed by atoms with Crippen molar-refractivity contribution < 1.29 is 4.74 Å². The molecule has 0 amide bonds. The van der Waals surface area contributed by atoms with Gasteiger partial charge in [0.15, 0.2) is 5.82 Å². The number of benzene rings is 1. The number of hydrogen-bond donors (Lipinski definition) is 0. The highest BCUT2D eigenvalue weighted by Gasteiger charge is 2.09. The van der Waals surface area contributed by atoms with Crippen molar-refractivity contribution in [1.82, 2.24) is 9.97 Å². The SMILES string of the molecule is COCc1cccc(-c2nc(C)c(Br)c(Cl)n2)c1. The van der Waals surface area contributed by atoms with Crippen LogP contribution in [0.3, 0.4) is 0 Å². The molecule has 2 aromatic rings. The molecule has 18 heavy (non-hydrogen) atoms. The smallest absolute Gasteiger partial charge is 0.161 e. The molecule has 1 aromatic carbocycles. The van der Waals surface area contributed by atoms with Gasteiger partial charge in [0.2, 0.25) is 0 Å². The molecule has 0 aliphatic heterocycles. The van der Waals surface area contributed by atoms with Gasteiger partial charge in [-0.1, -0.05) is 29.8 Å². The Balaban J connectivity index is 2.45. The van der Waals surface area contributed by atoms with Crippen molar-refractivity contribution in [3.05, 3.63) is 45.1 Å². The third-order valence-corrected chi connectivity index (χ3v) is 3.92. The molecule has 0 atom stereocenters. The van der Waals surface area contributed by atoms with E-state index >= 15 is 0 Å².